The summed E-state index contributed by atoms with van der Waals surface area (Å²) in [6, 6.07) is 5.86. The number of aromatic nitrogens is 1. The molecule has 2 N–H and O–H groups in total. The zero-order chi connectivity index (χ0) is 21.5. The summed E-state index contributed by atoms with van der Waals surface area (Å²) >= 11 is 0. The van der Waals surface area contributed by atoms with E-state index < -0.39 is 6.04 Å². The summed E-state index contributed by atoms with van der Waals surface area (Å²) < 4.78 is 19.6. The molecule has 5 nitrogen and oxygen atoms in total. The van der Waals surface area contributed by atoms with Crippen molar-refractivity contribution in [1.82, 2.24) is 9.88 Å². The Morgan fingerprint density at radius 1 is 1.47 bits per heavy atom. The minimum Gasteiger partial charge on any atom is -0.446 e. The maximum Gasteiger partial charge on any atom is 0.224 e. The molecule has 1 aliphatic rings. The molecule has 1 aliphatic heterocycles. The zero-order valence-electron chi connectivity index (χ0n) is 17.3. The number of nitrogens with two attached hydrogens (primary N) is 1. The molecule has 0 bridgehead atoms. The van der Waals surface area contributed by atoms with Crippen LogP contribution in [0.2, 0.25) is 0 Å². The van der Waals surface area contributed by atoms with Gasteiger partial charge in [0.05, 0.1) is 0 Å². The minimum atomic E-state index is -0.451. The number of halogens is 1. The van der Waals surface area contributed by atoms with Crippen molar-refractivity contribution < 1.29 is 13.6 Å². The maximum atomic E-state index is 13.9. The van der Waals surface area contributed by atoms with E-state index in [1.807, 2.05) is 25.2 Å². The zero-order valence-corrected chi connectivity index (χ0v) is 17.3. The van der Waals surface area contributed by atoms with Gasteiger partial charge in [0.15, 0.2) is 0 Å². The average molecular weight is 410 g/mol. The van der Waals surface area contributed by atoms with E-state index in [2.05, 4.69) is 11.6 Å². The molecule has 0 saturated carbocycles. The van der Waals surface area contributed by atoms with Crippen LogP contribution in [0.1, 0.15) is 49.4 Å². The fourth-order valence-electron chi connectivity index (χ4n) is 3.79. The monoisotopic (exact) mass is 409 g/mol. The Morgan fingerprint density at radius 2 is 2.27 bits per heavy atom. The van der Waals surface area contributed by atoms with Crippen molar-refractivity contribution in [3.05, 3.63) is 84.4 Å². The van der Waals surface area contributed by atoms with E-state index >= 15 is 0 Å². The lowest BCUT2D eigenvalue weighted by Crippen LogP contribution is -2.36. The van der Waals surface area contributed by atoms with Crippen molar-refractivity contribution in [1.29, 1.82) is 0 Å². The third kappa shape index (κ3) is 5.13. The number of hydrogen-bond acceptors (Lipinski definition) is 4. The van der Waals surface area contributed by atoms with Gasteiger partial charge in [0.2, 0.25) is 11.8 Å². The summed E-state index contributed by atoms with van der Waals surface area (Å²) in [7, 11) is 0. The smallest absolute Gasteiger partial charge is 0.224 e. The van der Waals surface area contributed by atoms with Crippen LogP contribution in [0.25, 0.3) is 5.57 Å². The standard InChI is InChI=1S/C24H28FN3O2/c1-3-8-17(9-4-2)21-16-30-24(27-21)22-12-7-13-28(22)23(29)15-19(26)14-18-10-5-6-11-20(18)25/h3-6,8-11,16,19,22H,1,7,12-15,26H2,2H3/b9-4-,17-8+/t19-,22+/m1/s1. The fourth-order valence-corrected chi connectivity index (χ4v) is 3.79. The van der Waals surface area contributed by atoms with Crippen molar-refractivity contribution >= 4 is 11.5 Å². The van der Waals surface area contributed by atoms with Gasteiger partial charge in [-0.15, -0.1) is 0 Å². The van der Waals surface area contributed by atoms with E-state index in [-0.39, 0.29) is 24.2 Å². The molecule has 0 spiro atoms. The molecule has 1 fully saturated rings. The van der Waals surface area contributed by atoms with Gasteiger partial charge in [-0.2, -0.15) is 0 Å². The van der Waals surface area contributed by atoms with Crippen LogP contribution in [-0.4, -0.2) is 28.4 Å². The maximum absolute atomic E-state index is 13.9. The van der Waals surface area contributed by atoms with E-state index in [4.69, 9.17) is 10.2 Å². The van der Waals surface area contributed by atoms with E-state index in [1.165, 1.54) is 6.07 Å². The molecule has 158 valence electrons. The average Bonchev–Trinajstić information content (AvgIpc) is 3.39. The molecule has 0 radical (unpaired) electrons. The highest BCUT2D eigenvalue weighted by molar-refractivity contribution is 5.77. The second-order valence-electron chi connectivity index (χ2n) is 7.43. The van der Waals surface area contributed by atoms with E-state index in [9.17, 15) is 9.18 Å². The predicted molar refractivity (Wildman–Crippen MR) is 116 cm³/mol. The van der Waals surface area contributed by atoms with Gasteiger partial charge >= 0.3 is 0 Å². The lowest BCUT2D eigenvalue weighted by Gasteiger charge is -2.24. The van der Waals surface area contributed by atoms with E-state index in [0.717, 1.165) is 18.4 Å². The number of hydrogen-bond donors (Lipinski definition) is 1. The molecule has 2 atom stereocenters. The molecule has 3 rings (SSSR count). The number of oxazole rings is 1. The first-order valence-corrected chi connectivity index (χ1v) is 10.2. The Hall–Kier alpha value is -2.99. The highest BCUT2D eigenvalue weighted by Gasteiger charge is 2.34. The Morgan fingerprint density at radius 3 is 3.00 bits per heavy atom. The Kier molecular flexibility index (Phi) is 7.36. The van der Waals surface area contributed by atoms with Gasteiger partial charge in [-0.25, -0.2) is 9.37 Å². The molecular weight excluding hydrogens is 381 g/mol. The Bertz CT molecular complexity index is 947. The first-order valence-electron chi connectivity index (χ1n) is 10.2. The van der Waals surface area contributed by atoms with Crippen LogP contribution in [0, 0.1) is 5.82 Å². The number of likely N-dealkylation sites (tertiary alicyclic amines) is 1. The van der Waals surface area contributed by atoms with Crippen LogP contribution in [0.15, 0.2) is 65.8 Å². The Labute approximate surface area is 176 Å². The number of nitrogens with zero attached hydrogens (tertiary/aromatic N) is 2. The van der Waals surface area contributed by atoms with Crippen LogP contribution in [-0.2, 0) is 11.2 Å². The van der Waals surface area contributed by atoms with E-state index in [1.54, 1.807) is 35.4 Å². The number of rotatable bonds is 8. The van der Waals surface area contributed by atoms with Crippen molar-refractivity contribution in [2.45, 2.75) is 44.7 Å². The number of carbonyl (C=O) groups is 1. The summed E-state index contributed by atoms with van der Waals surface area (Å²) in [6.45, 7) is 6.30. The van der Waals surface area contributed by atoms with Gasteiger partial charge in [0.1, 0.15) is 23.8 Å². The van der Waals surface area contributed by atoms with Crippen LogP contribution >= 0.6 is 0 Å². The summed E-state index contributed by atoms with van der Waals surface area (Å²) in [6.07, 6.45) is 11.2. The van der Waals surface area contributed by atoms with Crippen molar-refractivity contribution in [3.8, 4) is 0 Å². The normalized spacial score (nSPS) is 18.2. The molecule has 1 aromatic carbocycles. The van der Waals surface area contributed by atoms with Gasteiger partial charge in [0.25, 0.3) is 0 Å². The summed E-state index contributed by atoms with van der Waals surface area (Å²) in [5, 5.41) is 0. The molecule has 30 heavy (non-hydrogen) atoms. The predicted octanol–water partition coefficient (Wildman–Crippen LogP) is 4.58. The van der Waals surface area contributed by atoms with Crippen molar-refractivity contribution in [2.75, 3.05) is 6.54 Å². The first-order chi connectivity index (χ1) is 14.5. The molecule has 1 amide bonds. The third-order valence-electron chi connectivity index (χ3n) is 5.20. The summed E-state index contributed by atoms with van der Waals surface area (Å²) in [5.41, 5.74) is 8.29. The molecule has 1 aromatic heterocycles. The lowest BCUT2D eigenvalue weighted by atomic mass is 10.0. The molecule has 6 heteroatoms. The number of amides is 1. The van der Waals surface area contributed by atoms with Gasteiger partial charge in [-0.05, 0) is 37.8 Å². The number of carbonyl (C=O) groups excluding carboxylic acids is 1. The van der Waals surface area contributed by atoms with Crippen LogP contribution in [0.5, 0.6) is 0 Å². The van der Waals surface area contributed by atoms with Crippen LogP contribution in [0.3, 0.4) is 0 Å². The molecular formula is C24H28FN3O2. The van der Waals surface area contributed by atoms with E-state index in [0.29, 0.717) is 30.1 Å². The van der Waals surface area contributed by atoms with Crippen molar-refractivity contribution in [2.24, 2.45) is 5.73 Å². The minimum absolute atomic E-state index is 0.0589. The van der Waals surface area contributed by atoms with Crippen LogP contribution < -0.4 is 5.73 Å². The van der Waals surface area contributed by atoms with Gasteiger partial charge in [0, 0.05) is 24.6 Å². The summed E-state index contributed by atoms with van der Waals surface area (Å²) in [4.78, 5) is 19.3. The van der Waals surface area contributed by atoms with Gasteiger partial charge in [-0.3, -0.25) is 4.79 Å². The second kappa shape index (κ2) is 10.2. The third-order valence-corrected chi connectivity index (χ3v) is 5.20. The highest BCUT2D eigenvalue weighted by atomic mass is 19.1. The summed E-state index contributed by atoms with van der Waals surface area (Å²) in [5.74, 6) is 0.172. The number of benzene rings is 1. The SMILES string of the molecule is C=C/C=C(\C=C/C)c1coc([C@@H]2CCCN2C(=O)C[C@H](N)Cc2ccccc2F)n1. The largest absolute Gasteiger partial charge is 0.446 e. The second-order valence-corrected chi connectivity index (χ2v) is 7.43. The molecule has 0 aliphatic carbocycles. The fraction of sp³-hybridized carbons (Fsp3) is 0.333. The lowest BCUT2D eigenvalue weighted by molar-refractivity contribution is -0.132. The first kappa shape index (κ1) is 21.7. The highest BCUT2D eigenvalue weighted by Crippen LogP contribution is 2.33. The number of allylic oxidation sites excluding steroid dienone is 5. The van der Waals surface area contributed by atoms with Gasteiger partial charge in [-0.1, -0.05) is 49.1 Å². The van der Waals surface area contributed by atoms with Crippen LogP contribution in [0.4, 0.5) is 4.39 Å². The molecule has 2 heterocycles. The quantitative estimate of drug-likeness (QED) is 0.648. The topological polar surface area (TPSA) is 72.4 Å². The molecule has 2 aromatic rings. The van der Waals surface area contributed by atoms with Crippen molar-refractivity contribution in [3.63, 3.8) is 0 Å². The molecule has 0 unspecified atom stereocenters. The molecule has 1 saturated heterocycles. The Balaban J connectivity index is 1.68. The van der Waals surface area contributed by atoms with Gasteiger partial charge < -0.3 is 15.1 Å².